The Bertz CT molecular complexity index is 751. The Balaban J connectivity index is 2.10. The Morgan fingerprint density at radius 2 is 2.04 bits per heavy atom. The molecule has 0 saturated heterocycles. The second kappa shape index (κ2) is 9.05. The number of para-hydroxylation sites is 1. The second-order valence-electron chi connectivity index (χ2n) is 4.93. The van der Waals surface area contributed by atoms with Gasteiger partial charge in [0.2, 0.25) is 0 Å². The van der Waals surface area contributed by atoms with Crippen molar-refractivity contribution in [1.82, 2.24) is 15.3 Å². The first-order valence-electron chi connectivity index (χ1n) is 7.61. The molecule has 5 heteroatoms. The van der Waals surface area contributed by atoms with E-state index < -0.39 is 0 Å². The normalized spacial score (nSPS) is 11.3. The van der Waals surface area contributed by atoms with Crippen molar-refractivity contribution in [2.24, 2.45) is 0 Å². The first kappa shape index (κ1) is 17.1. The number of carbonyl (C=O) groups is 1. The van der Waals surface area contributed by atoms with Gasteiger partial charge in [0.05, 0.1) is 0 Å². The fraction of sp³-hybridized carbons (Fsp3) is 0.105. The van der Waals surface area contributed by atoms with E-state index in [1.807, 2.05) is 49.4 Å². The van der Waals surface area contributed by atoms with Gasteiger partial charge in [-0.25, -0.2) is 9.97 Å². The molecule has 0 radical (unpaired) electrons. The zero-order valence-electron chi connectivity index (χ0n) is 13.6. The van der Waals surface area contributed by atoms with Crippen molar-refractivity contribution in [3.05, 3.63) is 85.0 Å². The molecular weight excluding hydrogens is 300 g/mol. The third-order valence-electron chi connectivity index (χ3n) is 3.11. The number of anilines is 2. The molecule has 0 aliphatic heterocycles. The van der Waals surface area contributed by atoms with Crippen LogP contribution < -0.4 is 10.6 Å². The van der Waals surface area contributed by atoms with Crippen molar-refractivity contribution in [2.45, 2.75) is 13.3 Å². The summed E-state index contributed by atoms with van der Waals surface area (Å²) in [4.78, 5) is 20.5. The zero-order chi connectivity index (χ0) is 17.2. The number of nitrogens with one attached hydrogen (secondary N) is 2. The number of amides is 1. The van der Waals surface area contributed by atoms with Gasteiger partial charge in [-0.2, -0.15) is 0 Å². The molecule has 0 spiro atoms. The van der Waals surface area contributed by atoms with Gasteiger partial charge in [0, 0.05) is 23.9 Å². The smallest absolute Gasteiger partial charge is 0.274 e. The lowest BCUT2D eigenvalue weighted by Crippen LogP contribution is -2.23. The quantitative estimate of drug-likeness (QED) is 0.598. The summed E-state index contributed by atoms with van der Waals surface area (Å²) in [5.74, 6) is 0.273. The summed E-state index contributed by atoms with van der Waals surface area (Å²) >= 11 is 0. The molecule has 0 fully saturated rings. The minimum atomic E-state index is -0.286. The average Bonchev–Trinajstić information content (AvgIpc) is 2.61. The van der Waals surface area contributed by atoms with Crippen molar-refractivity contribution in [3.8, 4) is 0 Å². The summed E-state index contributed by atoms with van der Waals surface area (Å²) in [7, 11) is 0. The number of allylic oxidation sites excluding steroid dienone is 4. The molecule has 24 heavy (non-hydrogen) atoms. The molecule has 1 aromatic carbocycles. The molecular formula is C19H20N4O. The van der Waals surface area contributed by atoms with Crippen molar-refractivity contribution in [1.29, 1.82) is 0 Å². The van der Waals surface area contributed by atoms with Crippen LogP contribution in [0.4, 0.5) is 11.5 Å². The van der Waals surface area contributed by atoms with Crippen LogP contribution in [0.25, 0.3) is 0 Å². The Labute approximate surface area is 141 Å². The van der Waals surface area contributed by atoms with E-state index in [4.69, 9.17) is 0 Å². The van der Waals surface area contributed by atoms with E-state index in [1.165, 1.54) is 6.33 Å². The molecule has 0 aliphatic rings. The van der Waals surface area contributed by atoms with Gasteiger partial charge in [-0.3, -0.25) is 4.79 Å². The van der Waals surface area contributed by atoms with E-state index in [1.54, 1.807) is 18.2 Å². The molecule has 122 valence electrons. The first-order chi connectivity index (χ1) is 11.7. The minimum Gasteiger partial charge on any atom is -0.340 e. The topological polar surface area (TPSA) is 66.9 Å². The Hall–Kier alpha value is -3.21. The standard InChI is InChI=1S/C19H20N4O/c1-3-5-10-15(9-4-2)23-19(24)17-13-18(21-14-20-17)22-16-11-7-6-8-12-16/h3-9,11-14H,2,10H2,1H3,(H,23,24)(H,20,21,22)/b5-3-,15-9+. The maximum atomic E-state index is 12.4. The van der Waals surface area contributed by atoms with Crippen LogP contribution in [0.2, 0.25) is 0 Å². The van der Waals surface area contributed by atoms with Crippen LogP contribution in [0, 0.1) is 0 Å². The SMILES string of the molecule is C=C/C=C(\C/C=C\C)NC(=O)c1cc(Nc2ccccc2)ncn1. The molecule has 0 unspecified atom stereocenters. The predicted octanol–water partition coefficient (Wildman–Crippen LogP) is 3.99. The van der Waals surface area contributed by atoms with Gasteiger partial charge in [-0.15, -0.1) is 0 Å². The zero-order valence-corrected chi connectivity index (χ0v) is 13.6. The largest absolute Gasteiger partial charge is 0.340 e. The number of rotatable bonds is 7. The molecule has 1 heterocycles. The molecule has 0 saturated carbocycles. The fourth-order valence-corrected chi connectivity index (χ4v) is 1.98. The molecule has 0 atom stereocenters. The lowest BCUT2D eigenvalue weighted by atomic mass is 10.2. The highest BCUT2D eigenvalue weighted by Crippen LogP contribution is 2.14. The molecule has 2 rings (SSSR count). The van der Waals surface area contributed by atoms with Crippen LogP contribution in [-0.2, 0) is 0 Å². The molecule has 1 amide bonds. The highest BCUT2D eigenvalue weighted by atomic mass is 16.1. The maximum Gasteiger partial charge on any atom is 0.274 e. The number of carbonyl (C=O) groups excluding carboxylic acids is 1. The number of nitrogens with zero attached hydrogens (tertiary/aromatic N) is 2. The molecule has 1 aromatic heterocycles. The van der Waals surface area contributed by atoms with Crippen molar-refractivity contribution in [2.75, 3.05) is 5.32 Å². The summed E-state index contributed by atoms with van der Waals surface area (Å²) in [5, 5.41) is 5.98. The van der Waals surface area contributed by atoms with E-state index in [0.29, 0.717) is 17.9 Å². The van der Waals surface area contributed by atoms with Crippen LogP contribution >= 0.6 is 0 Å². The number of hydrogen-bond acceptors (Lipinski definition) is 4. The van der Waals surface area contributed by atoms with Crippen LogP contribution in [0.1, 0.15) is 23.8 Å². The van der Waals surface area contributed by atoms with Gasteiger partial charge in [0.25, 0.3) is 5.91 Å². The summed E-state index contributed by atoms with van der Waals surface area (Å²) in [6.07, 6.45) is 9.27. The Morgan fingerprint density at radius 1 is 1.25 bits per heavy atom. The number of aromatic nitrogens is 2. The van der Waals surface area contributed by atoms with E-state index in [0.717, 1.165) is 11.4 Å². The van der Waals surface area contributed by atoms with Crippen LogP contribution in [0.5, 0.6) is 0 Å². The molecule has 2 N–H and O–H groups in total. The second-order valence-corrected chi connectivity index (χ2v) is 4.93. The van der Waals surface area contributed by atoms with Gasteiger partial charge in [-0.05, 0) is 25.1 Å². The van der Waals surface area contributed by atoms with Crippen molar-refractivity contribution >= 4 is 17.4 Å². The Kier molecular flexibility index (Phi) is 6.46. The van der Waals surface area contributed by atoms with Gasteiger partial charge in [0.1, 0.15) is 17.8 Å². The molecule has 0 aliphatic carbocycles. The van der Waals surface area contributed by atoms with E-state index >= 15 is 0 Å². The van der Waals surface area contributed by atoms with Crippen LogP contribution in [0.15, 0.2) is 79.3 Å². The van der Waals surface area contributed by atoms with E-state index in [2.05, 4.69) is 27.2 Å². The Morgan fingerprint density at radius 3 is 2.75 bits per heavy atom. The van der Waals surface area contributed by atoms with E-state index in [9.17, 15) is 4.79 Å². The lowest BCUT2D eigenvalue weighted by Gasteiger charge is -2.09. The summed E-state index contributed by atoms with van der Waals surface area (Å²) < 4.78 is 0. The van der Waals surface area contributed by atoms with Crippen molar-refractivity contribution < 1.29 is 4.79 Å². The number of hydrogen-bond donors (Lipinski definition) is 2. The minimum absolute atomic E-state index is 0.286. The van der Waals surface area contributed by atoms with Crippen LogP contribution in [-0.4, -0.2) is 15.9 Å². The van der Waals surface area contributed by atoms with Gasteiger partial charge >= 0.3 is 0 Å². The monoisotopic (exact) mass is 320 g/mol. The third-order valence-corrected chi connectivity index (χ3v) is 3.11. The lowest BCUT2D eigenvalue weighted by molar-refractivity contribution is 0.0960. The number of benzene rings is 1. The average molecular weight is 320 g/mol. The third kappa shape index (κ3) is 5.21. The summed E-state index contributed by atoms with van der Waals surface area (Å²) in [6.45, 7) is 5.59. The highest BCUT2D eigenvalue weighted by Gasteiger charge is 2.10. The fourth-order valence-electron chi connectivity index (χ4n) is 1.98. The molecule has 5 nitrogen and oxygen atoms in total. The maximum absolute atomic E-state index is 12.4. The first-order valence-corrected chi connectivity index (χ1v) is 7.61. The molecule has 2 aromatic rings. The summed E-state index contributed by atoms with van der Waals surface area (Å²) in [6, 6.07) is 11.2. The van der Waals surface area contributed by atoms with Gasteiger partial charge in [-0.1, -0.05) is 43.0 Å². The van der Waals surface area contributed by atoms with Crippen molar-refractivity contribution in [3.63, 3.8) is 0 Å². The predicted molar refractivity (Wildman–Crippen MR) is 96.9 cm³/mol. The van der Waals surface area contributed by atoms with Crippen LogP contribution in [0.3, 0.4) is 0 Å². The van der Waals surface area contributed by atoms with Gasteiger partial charge in [0.15, 0.2) is 0 Å². The summed E-state index contributed by atoms with van der Waals surface area (Å²) in [5.41, 5.74) is 1.94. The van der Waals surface area contributed by atoms with E-state index in [-0.39, 0.29) is 5.91 Å². The highest BCUT2D eigenvalue weighted by molar-refractivity contribution is 5.94. The molecule has 0 bridgehead atoms. The van der Waals surface area contributed by atoms with Gasteiger partial charge < -0.3 is 10.6 Å².